The summed E-state index contributed by atoms with van der Waals surface area (Å²) in [6, 6.07) is 10.3. The summed E-state index contributed by atoms with van der Waals surface area (Å²) in [7, 11) is 0. The van der Waals surface area contributed by atoms with Crippen LogP contribution in [0, 0.1) is 5.92 Å². The third kappa shape index (κ3) is 3.78. The number of hydrogen-bond acceptors (Lipinski definition) is 3. The van der Waals surface area contributed by atoms with E-state index in [0.717, 1.165) is 39.1 Å². The number of carbonyl (C=O) groups is 1. The lowest BCUT2D eigenvalue weighted by Gasteiger charge is -2.31. The second kappa shape index (κ2) is 7.11. The Morgan fingerprint density at radius 3 is 2.77 bits per heavy atom. The van der Waals surface area contributed by atoms with Gasteiger partial charge in [-0.05, 0) is 24.8 Å². The molecular weight excluding hydrogens is 280 g/mol. The Balaban J connectivity index is 1.66. The van der Waals surface area contributed by atoms with E-state index in [1.165, 1.54) is 12.0 Å². The summed E-state index contributed by atoms with van der Waals surface area (Å²) < 4.78 is 5.91. The fraction of sp³-hybridized carbons (Fsp3) is 0.588. The molecule has 0 aromatic heterocycles. The molecule has 22 heavy (non-hydrogen) atoms. The molecule has 2 saturated heterocycles. The van der Waals surface area contributed by atoms with Crippen molar-refractivity contribution < 1.29 is 14.6 Å². The summed E-state index contributed by atoms with van der Waals surface area (Å²) in [5, 5.41) is 11.8. The number of carboxylic acid groups (broad SMARTS) is 1. The Bertz CT molecular complexity index is 488. The van der Waals surface area contributed by atoms with Gasteiger partial charge in [-0.2, -0.15) is 0 Å². The van der Waals surface area contributed by atoms with Gasteiger partial charge in [0.05, 0.1) is 12.1 Å². The Morgan fingerprint density at radius 1 is 1.27 bits per heavy atom. The van der Waals surface area contributed by atoms with Crippen molar-refractivity contribution in [3.8, 4) is 0 Å². The highest BCUT2D eigenvalue weighted by atomic mass is 16.5. The van der Waals surface area contributed by atoms with Crippen LogP contribution in [0.3, 0.4) is 0 Å². The van der Waals surface area contributed by atoms with Crippen LogP contribution in [0.5, 0.6) is 0 Å². The van der Waals surface area contributed by atoms with E-state index in [-0.39, 0.29) is 18.1 Å². The number of rotatable bonds is 4. The van der Waals surface area contributed by atoms with Crippen molar-refractivity contribution in [2.24, 2.45) is 5.92 Å². The molecule has 1 amide bonds. The molecule has 120 valence electrons. The molecule has 1 aromatic rings. The van der Waals surface area contributed by atoms with E-state index in [0.29, 0.717) is 0 Å². The number of ether oxygens (including phenoxy) is 1. The Kier molecular flexibility index (Phi) is 4.95. The third-order valence-corrected chi connectivity index (χ3v) is 4.69. The monoisotopic (exact) mass is 304 g/mol. The van der Waals surface area contributed by atoms with Gasteiger partial charge in [0.2, 0.25) is 0 Å². The number of hydrogen-bond donors (Lipinski definition) is 2. The SMILES string of the molecule is O=C(O)NC1CN(Cc2ccccc2)CC1C1CCCCO1. The minimum atomic E-state index is -0.938. The second-order valence-corrected chi connectivity index (χ2v) is 6.30. The topological polar surface area (TPSA) is 61.8 Å². The largest absolute Gasteiger partial charge is 0.465 e. The first-order valence-corrected chi connectivity index (χ1v) is 8.10. The van der Waals surface area contributed by atoms with Crippen LogP contribution in [0.2, 0.25) is 0 Å². The smallest absolute Gasteiger partial charge is 0.404 e. The zero-order valence-corrected chi connectivity index (χ0v) is 12.8. The fourth-order valence-corrected chi connectivity index (χ4v) is 3.68. The van der Waals surface area contributed by atoms with Crippen molar-refractivity contribution in [2.75, 3.05) is 19.7 Å². The van der Waals surface area contributed by atoms with Crippen molar-refractivity contribution in [3.63, 3.8) is 0 Å². The number of nitrogens with one attached hydrogen (secondary N) is 1. The van der Waals surface area contributed by atoms with Gasteiger partial charge in [-0.3, -0.25) is 4.90 Å². The van der Waals surface area contributed by atoms with Crippen molar-refractivity contribution in [3.05, 3.63) is 35.9 Å². The molecule has 2 aliphatic rings. The molecule has 2 aliphatic heterocycles. The molecule has 0 saturated carbocycles. The minimum absolute atomic E-state index is 0.0377. The van der Waals surface area contributed by atoms with Gasteiger partial charge in [-0.15, -0.1) is 0 Å². The van der Waals surface area contributed by atoms with E-state index in [1.54, 1.807) is 0 Å². The van der Waals surface area contributed by atoms with Gasteiger partial charge in [-0.25, -0.2) is 4.79 Å². The van der Waals surface area contributed by atoms with Gasteiger partial charge in [0.1, 0.15) is 0 Å². The number of nitrogens with zero attached hydrogens (tertiary/aromatic N) is 1. The summed E-state index contributed by atoms with van der Waals surface area (Å²) in [4.78, 5) is 13.4. The minimum Gasteiger partial charge on any atom is -0.465 e. The Hall–Kier alpha value is -1.59. The zero-order valence-electron chi connectivity index (χ0n) is 12.8. The first-order valence-electron chi connectivity index (χ1n) is 8.10. The highest BCUT2D eigenvalue weighted by molar-refractivity contribution is 5.65. The predicted molar refractivity (Wildman–Crippen MR) is 83.7 cm³/mol. The lowest BCUT2D eigenvalue weighted by atomic mass is 9.91. The summed E-state index contributed by atoms with van der Waals surface area (Å²) in [5.41, 5.74) is 1.27. The van der Waals surface area contributed by atoms with Gasteiger partial charge in [-0.1, -0.05) is 30.3 Å². The second-order valence-electron chi connectivity index (χ2n) is 6.30. The normalized spacial score (nSPS) is 29.4. The van der Waals surface area contributed by atoms with Gasteiger partial charge in [0.15, 0.2) is 0 Å². The van der Waals surface area contributed by atoms with Gasteiger partial charge < -0.3 is 15.2 Å². The quantitative estimate of drug-likeness (QED) is 0.896. The van der Waals surface area contributed by atoms with Crippen LogP contribution >= 0.6 is 0 Å². The van der Waals surface area contributed by atoms with Gasteiger partial charge in [0, 0.05) is 32.2 Å². The molecule has 0 radical (unpaired) electrons. The van der Waals surface area contributed by atoms with Crippen LogP contribution in [0.1, 0.15) is 24.8 Å². The number of amides is 1. The average Bonchev–Trinajstić information content (AvgIpc) is 2.91. The first-order chi connectivity index (χ1) is 10.7. The molecule has 0 spiro atoms. The van der Waals surface area contributed by atoms with Crippen LogP contribution in [0.4, 0.5) is 4.79 Å². The maximum absolute atomic E-state index is 11.1. The van der Waals surface area contributed by atoms with Crippen LogP contribution < -0.4 is 5.32 Å². The van der Waals surface area contributed by atoms with Crippen LogP contribution in [0.15, 0.2) is 30.3 Å². The van der Waals surface area contributed by atoms with E-state index in [9.17, 15) is 4.79 Å². The first kappa shape index (κ1) is 15.3. The lowest BCUT2D eigenvalue weighted by molar-refractivity contribution is -0.0234. The molecule has 2 heterocycles. The van der Waals surface area contributed by atoms with E-state index < -0.39 is 6.09 Å². The molecule has 5 nitrogen and oxygen atoms in total. The molecule has 0 aliphatic carbocycles. The molecule has 2 N–H and O–H groups in total. The third-order valence-electron chi connectivity index (χ3n) is 4.69. The number of likely N-dealkylation sites (tertiary alicyclic amines) is 1. The average molecular weight is 304 g/mol. The predicted octanol–water partition coefficient (Wildman–Crippen LogP) is 2.32. The molecule has 3 rings (SSSR count). The highest BCUT2D eigenvalue weighted by Gasteiger charge is 2.39. The van der Waals surface area contributed by atoms with E-state index in [4.69, 9.17) is 9.84 Å². The standard InChI is InChI=1S/C17H24N2O3/c20-17(21)18-15-12-19(10-13-6-2-1-3-7-13)11-14(15)16-8-4-5-9-22-16/h1-3,6-7,14-16,18H,4-5,8-12H2,(H,20,21). The summed E-state index contributed by atoms with van der Waals surface area (Å²) in [6.45, 7) is 3.32. The van der Waals surface area contributed by atoms with Crippen molar-refractivity contribution >= 4 is 6.09 Å². The molecular formula is C17H24N2O3. The van der Waals surface area contributed by atoms with Crippen molar-refractivity contribution in [2.45, 2.75) is 38.0 Å². The maximum Gasteiger partial charge on any atom is 0.404 e. The van der Waals surface area contributed by atoms with Crippen LogP contribution in [-0.4, -0.2) is 47.9 Å². The summed E-state index contributed by atoms with van der Waals surface area (Å²) in [5.74, 6) is 0.250. The van der Waals surface area contributed by atoms with E-state index >= 15 is 0 Å². The maximum atomic E-state index is 11.1. The highest BCUT2D eigenvalue weighted by Crippen LogP contribution is 2.29. The lowest BCUT2D eigenvalue weighted by Crippen LogP contribution is -2.45. The molecule has 3 unspecified atom stereocenters. The van der Waals surface area contributed by atoms with Crippen molar-refractivity contribution in [1.82, 2.24) is 10.2 Å². The van der Waals surface area contributed by atoms with Crippen LogP contribution in [0.25, 0.3) is 0 Å². The summed E-state index contributed by atoms with van der Waals surface area (Å²) in [6.07, 6.45) is 2.59. The van der Waals surface area contributed by atoms with Crippen molar-refractivity contribution in [1.29, 1.82) is 0 Å². The van der Waals surface area contributed by atoms with E-state index in [2.05, 4.69) is 22.3 Å². The summed E-state index contributed by atoms with van der Waals surface area (Å²) >= 11 is 0. The van der Waals surface area contributed by atoms with Crippen LogP contribution in [-0.2, 0) is 11.3 Å². The zero-order chi connectivity index (χ0) is 15.4. The molecule has 5 heteroatoms. The molecule has 2 fully saturated rings. The molecule has 0 bridgehead atoms. The van der Waals surface area contributed by atoms with Gasteiger partial charge >= 0.3 is 6.09 Å². The Morgan fingerprint density at radius 2 is 2.09 bits per heavy atom. The molecule has 1 aromatic carbocycles. The van der Waals surface area contributed by atoms with E-state index in [1.807, 2.05) is 18.2 Å². The Labute approximate surface area is 131 Å². The fourth-order valence-electron chi connectivity index (χ4n) is 3.68. The molecule has 3 atom stereocenters. The van der Waals surface area contributed by atoms with Gasteiger partial charge in [0.25, 0.3) is 0 Å². The number of benzene rings is 1.